The molecule has 1 aromatic heterocycles. The zero-order valence-electron chi connectivity index (χ0n) is 11.4. The van der Waals surface area contributed by atoms with Crippen LogP contribution in [0.5, 0.6) is 0 Å². The number of hydrogen-bond donors (Lipinski definition) is 1. The van der Waals surface area contributed by atoms with Crippen molar-refractivity contribution in [2.24, 2.45) is 0 Å². The van der Waals surface area contributed by atoms with Crippen molar-refractivity contribution in [2.45, 2.75) is 32.9 Å². The minimum Gasteiger partial charge on any atom is -0.331 e. The molecule has 18 heavy (non-hydrogen) atoms. The SMILES string of the molecule is CCC(NC)c1ccc(-c2nccn2CC)cc1. The summed E-state index contributed by atoms with van der Waals surface area (Å²) < 4.78 is 2.16. The van der Waals surface area contributed by atoms with E-state index in [9.17, 15) is 0 Å². The molecule has 2 rings (SSSR count). The van der Waals surface area contributed by atoms with Gasteiger partial charge in [0, 0.05) is 30.5 Å². The van der Waals surface area contributed by atoms with Gasteiger partial charge >= 0.3 is 0 Å². The molecule has 1 N–H and O–H groups in total. The Morgan fingerprint density at radius 1 is 1.22 bits per heavy atom. The largest absolute Gasteiger partial charge is 0.331 e. The molecule has 0 saturated heterocycles. The summed E-state index contributed by atoms with van der Waals surface area (Å²) >= 11 is 0. The van der Waals surface area contributed by atoms with Crippen molar-refractivity contribution in [3.05, 3.63) is 42.2 Å². The minimum absolute atomic E-state index is 0.435. The van der Waals surface area contributed by atoms with E-state index in [2.05, 4.69) is 53.0 Å². The second-order valence-corrected chi connectivity index (χ2v) is 4.41. The van der Waals surface area contributed by atoms with Crippen LogP contribution < -0.4 is 5.32 Å². The highest BCUT2D eigenvalue weighted by Gasteiger charge is 2.08. The molecule has 0 bridgehead atoms. The van der Waals surface area contributed by atoms with E-state index in [0.29, 0.717) is 6.04 Å². The monoisotopic (exact) mass is 243 g/mol. The molecule has 0 aliphatic rings. The fourth-order valence-corrected chi connectivity index (χ4v) is 2.30. The zero-order chi connectivity index (χ0) is 13.0. The molecule has 1 aromatic carbocycles. The van der Waals surface area contributed by atoms with Crippen LogP contribution >= 0.6 is 0 Å². The van der Waals surface area contributed by atoms with Gasteiger partial charge in [-0.1, -0.05) is 31.2 Å². The number of aryl methyl sites for hydroxylation is 1. The Morgan fingerprint density at radius 2 is 1.94 bits per heavy atom. The van der Waals surface area contributed by atoms with Gasteiger partial charge in [0.05, 0.1) is 0 Å². The number of rotatable bonds is 5. The number of nitrogens with one attached hydrogen (secondary N) is 1. The van der Waals surface area contributed by atoms with Gasteiger partial charge in [0.15, 0.2) is 0 Å². The average Bonchev–Trinajstić information content (AvgIpc) is 2.89. The predicted molar refractivity (Wildman–Crippen MR) is 75.4 cm³/mol. The number of nitrogens with zero attached hydrogens (tertiary/aromatic N) is 2. The second-order valence-electron chi connectivity index (χ2n) is 4.41. The fourth-order valence-electron chi connectivity index (χ4n) is 2.30. The van der Waals surface area contributed by atoms with Crippen molar-refractivity contribution >= 4 is 0 Å². The Kier molecular flexibility index (Phi) is 4.15. The lowest BCUT2D eigenvalue weighted by molar-refractivity contribution is 0.577. The third-order valence-electron chi connectivity index (χ3n) is 3.38. The van der Waals surface area contributed by atoms with Crippen molar-refractivity contribution < 1.29 is 0 Å². The van der Waals surface area contributed by atoms with E-state index in [1.165, 1.54) is 11.1 Å². The van der Waals surface area contributed by atoms with E-state index in [0.717, 1.165) is 18.8 Å². The highest BCUT2D eigenvalue weighted by Crippen LogP contribution is 2.22. The fraction of sp³-hybridized carbons (Fsp3) is 0.400. The molecule has 0 radical (unpaired) electrons. The van der Waals surface area contributed by atoms with Crippen molar-refractivity contribution in [1.29, 1.82) is 0 Å². The standard InChI is InChI=1S/C15H21N3/c1-4-14(16-3)12-6-8-13(9-7-12)15-17-10-11-18(15)5-2/h6-11,14,16H,4-5H2,1-3H3. The van der Waals surface area contributed by atoms with Crippen LogP contribution in [-0.4, -0.2) is 16.6 Å². The summed E-state index contributed by atoms with van der Waals surface area (Å²) in [7, 11) is 2.01. The third kappa shape index (κ3) is 2.46. The first kappa shape index (κ1) is 12.8. The molecule has 0 spiro atoms. The van der Waals surface area contributed by atoms with Gasteiger partial charge in [-0.15, -0.1) is 0 Å². The van der Waals surface area contributed by atoms with Gasteiger partial charge in [0.25, 0.3) is 0 Å². The van der Waals surface area contributed by atoms with E-state index in [4.69, 9.17) is 0 Å². The summed E-state index contributed by atoms with van der Waals surface area (Å²) in [5.41, 5.74) is 2.51. The third-order valence-corrected chi connectivity index (χ3v) is 3.38. The van der Waals surface area contributed by atoms with Crippen molar-refractivity contribution in [3.8, 4) is 11.4 Å². The smallest absolute Gasteiger partial charge is 0.139 e. The number of benzene rings is 1. The summed E-state index contributed by atoms with van der Waals surface area (Å²) in [6, 6.07) is 9.13. The van der Waals surface area contributed by atoms with E-state index in [1.54, 1.807) is 0 Å². The lowest BCUT2D eigenvalue weighted by Gasteiger charge is -2.14. The van der Waals surface area contributed by atoms with Crippen LogP contribution in [0.1, 0.15) is 31.9 Å². The molecular formula is C15H21N3. The number of imidazole rings is 1. The van der Waals surface area contributed by atoms with Gasteiger partial charge in [0.1, 0.15) is 5.82 Å². The molecule has 0 aliphatic heterocycles. The molecule has 0 amide bonds. The average molecular weight is 243 g/mol. The second kappa shape index (κ2) is 5.83. The van der Waals surface area contributed by atoms with Crippen LogP contribution in [0.3, 0.4) is 0 Å². The van der Waals surface area contributed by atoms with Crippen LogP contribution in [0.4, 0.5) is 0 Å². The summed E-state index contributed by atoms with van der Waals surface area (Å²) in [4.78, 5) is 4.42. The zero-order valence-corrected chi connectivity index (χ0v) is 11.4. The quantitative estimate of drug-likeness (QED) is 0.873. The summed E-state index contributed by atoms with van der Waals surface area (Å²) in [6.45, 7) is 5.28. The van der Waals surface area contributed by atoms with E-state index < -0.39 is 0 Å². The van der Waals surface area contributed by atoms with Crippen LogP contribution in [0.15, 0.2) is 36.7 Å². The van der Waals surface area contributed by atoms with Crippen LogP contribution in [0.25, 0.3) is 11.4 Å². The molecule has 1 heterocycles. The van der Waals surface area contributed by atoms with Gasteiger partial charge in [-0.05, 0) is 26.0 Å². The maximum absolute atomic E-state index is 4.42. The molecule has 0 fully saturated rings. The lowest BCUT2D eigenvalue weighted by Crippen LogP contribution is -2.14. The summed E-state index contributed by atoms with van der Waals surface area (Å²) in [6.07, 6.45) is 4.97. The van der Waals surface area contributed by atoms with Crippen molar-refractivity contribution in [2.75, 3.05) is 7.05 Å². The molecule has 1 atom stereocenters. The van der Waals surface area contributed by atoms with Gasteiger partial charge < -0.3 is 9.88 Å². The van der Waals surface area contributed by atoms with Gasteiger partial charge in [-0.25, -0.2) is 4.98 Å². The van der Waals surface area contributed by atoms with Gasteiger partial charge in [0.2, 0.25) is 0 Å². The van der Waals surface area contributed by atoms with Crippen LogP contribution in [0, 0.1) is 0 Å². The molecule has 0 aliphatic carbocycles. The first-order valence-corrected chi connectivity index (χ1v) is 6.58. The van der Waals surface area contributed by atoms with E-state index >= 15 is 0 Å². The highest BCUT2D eigenvalue weighted by atomic mass is 15.1. The van der Waals surface area contributed by atoms with Gasteiger partial charge in [-0.3, -0.25) is 0 Å². The summed E-state index contributed by atoms with van der Waals surface area (Å²) in [5.74, 6) is 1.04. The Balaban J connectivity index is 2.27. The predicted octanol–water partition coefficient (Wildman–Crippen LogP) is 3.24. The highest BCUT2D eigenvalue weighted by molar-refractivity contribution is 5.56. The molecule has 2 aromatic rings. The van der Waals surface area contributed by atoms with E-state index in [1.807, 2.05) is 19.4 Å². The topological polar surface area (TPSA) is 29.9 Å². The minimum atomic E-state index is 0.435. The molecule has 1 unspecified atom stereocenters. The van der Waals surface area contributed by atoms with E-state index in [-0.39, 0.29) is 0 Å². The molecule has 96 valence electrons. The first-order valence-electron chi connectivity index (χ1n) is 6.58. The maximum atomic E-state index is 4.42. The van der Waals surface area contributed by atoms with Crippen molar-refractivity contribution in [1.82, 2.24) is 14.9 Å². The Hall–Kier alpha value is -1.61. The summed E-state index contributed by atoms with van der Waals surface area (Å²) in [5, 5.41) is 3.32. The van der Waals surface area contributed by atoms with Crippen molar-refractivity contribution in [3.63, 3.8) is 0 Å². The molecular weight excluding hydrogens is 222 g/mol. The number of aromatic nitrogens is 2. The normalized spacial score (nSPS) is 12.6. The Morgan fingerprint density at radius 3 is 2.50 bits per heavy atom. The van der Waals surface area contributed by atoms with Crippen LogP contribution in [0.2, 0.25) is 0 Å². The van der Waals surface area contributed by atoms with Gasteiger partial charge in [-0.2, -0.15) is 0 Å². The first-order chi connectivity index (χ1) is 8.80. The molecule has 0 saturated carbocycles. The maximum Gasteiger partial charge on any atom is 0.139 e. The molecule has 3 nitrogen and oxygen atoms in total. The van der Waals surface area contributed by atoms with Crippen LogP contribution in [-0.2, 0) is 6.54 Å². The number of hydrogen-bond acceptors (Lipinski definition) is 2. The lowest BCUT2D eigenvalue weighted by atomic mass is 10.0. The Labute approximate surface area is 109 Å². The molecule has 3 heteroatoms. The Bertz CT molecular complexity index is 481.